The second kappa shape index (κ2) is 6.83. The van der Waals surface area contributed by atoms with E-state index >= 15 is 0 Å². The summed E-state index contributed by atoms with van der Waals surface area (Å²) in [5.74, 6) is 1.09. The molecule has 25 heavy (non-hydrogen) atoms. The molecule has 6 atom stereocenters. The van der Waals surface area contributed by atoms with Gasteiger partial charge in [-0.15, -0.1) is 6.58 Å². The van der Waals surface area contributed by atoms with Gasteiger partial charge in [0.2, 0.25) is 0 Å². The molecule has 0 bridgehead atoms. The van der Waals surface area contributed by atoms with Crippen LogP contribution >= 0.6 is 0 Å². The van der Waals surface area contributed by atoms with Crippen LogP contribution in [0.5, 0.6) is 5.75 Å². The summed E-state index contributed by atoms with van der Waals surface area (Å²) in [6.45, 7) is 7.68. The quantitative estimate of drug-likeness (QED) is 0.668. The van der Waals surface area contributed by atoms with Gasteiger partial charge >= 0.3 is 5.97 Å². The highest BCUT2D eigenvalue weighted by Gasteiger charge is 2.57. The van der Waals surface area contributed by atoms with Gasteiger partial charge < -0.3 is 14.6 Å². The summed E-state index contributed by atoms with van der Waals surface area (Å²) in [6, 6.07) is 7.94. The zero-order chi connectivity index (χ0) is 18.2. The van der Waals surface area contributed by atoms with E-state index in [0.717, 1.165) is 24.2 Å². The van der Waals surface area contributed by atoms with E-state index in [0.29, 0.717) is 12.3 Å². The molecule has 0 heterocycles. The fourth-order valence-electron chi connectivity index (χ4n) is 5.20. The van der Waals surface area contributed by atoms with Gasteiger partial charge in [0.25, 0.3) is 0 Å². The Balaban J connectivity index is 1.91. The third-order valence-electron chi connectivity index (χ3n) is 6.35. The van der Waals surface area contributed by atoms with Crippen LogP contribution in [0.1, 0.15) is 44.6 Å². The van der Waals surface area contributed by atoms with Crippen molar-refractivity contribution in [2.24, 2.45) is 17.3 Å². The van der Waals surface area contributed by atoms with Crippen LogP contribution in [0.2, 0.25) is 0 Å². The number of esters is 1. The Kier molecular flexibility index (Phi) is 4.92. The number of aliphatic hydroxyl groups excluding tert-OH is 1. The van der Waals surface area contributed by atoms with Crippen molar-refractivity contribution in [3.05, 3.63) is 42.5 Å². The standard InChI is InChI=1S/C21H28O4/c1-5-16-17-10-11-19(25-13(2)22)21(17,3)12-18(23)20(16)14-6-8-15(24-4)9-7-14/h5-9,16-20,23H,1,10-12H2,2-4H3/t16-,17-,18+,19-,20-,21-/m0/s1. The monoisotopic (exact) mass is 344 g/mol. The number of rotatable bonds is 4. The largest absolute Gasteiger partial charge is 0.497 e. The number of carbonyl (C=O) groups excluding carboxylic acids is 1. The molecule has 1 aromatic carbocycles. The Morgan fingerprint density at radius 1 is 1.32 bits per heavy atom. The molecular formula is C21H28O4. The number of ether oxygens (including phenoxy) is 2. The van der Waals surface area contributed by atoms with E-state index < -0.39 is 6.10 Å². The van der Waals surface area contributed by atoms with Crippen LogP contribution in [0.4, 0.5) is 0 Å². The van der Waals surface area contributed by atoms with Crippen LogP contribution in [-0.2, 0) is 9.53 Å². The van der Waals surface area contributed by atoms with Gasteiger partial charge in [-0.1, -0.05) is 25.1 Å². The van der Waals surface area contributed by atoms with Gasteiger partial charge in [-0.05, 0) is 48.8 Å². The topological polar surface area (TPSA) is 55.8 Å². The lowest BCUT2D eigenvalue weighted by atomic mass is 9.57. The third-order valence-corrected chi connectivity index (χ3v) is 6.35. The Labute approximate surface area is 149 Å². The molecule has 2 saturated carbocycles. The van der Waals surface area contributed by atoms with Crippen LogP contribution in [-0.4, -0.2) is 30.4 Å². The van der Waals surface area contributed by atoms with Gasteiger partial charge in [-0.25, -0.2) is 0 Å². The second-order valence-electron chi connectivity index (χ2n) is 7.67. The van der Waals surface area contributed by atoms with Crippen LogP contribution in [0.15, 0.2) is 36.9 Å². The Bertz CT molecular complexity index is 638. The SMILES string of the molecule is C=C[C@@H]1[C@H](c2ccc(OC)cc2)[C@H](O)C[C@]2(C)[C@@H](OC(C)=O)CC[C@@H]12. The predicted molar refractivity (Wildman–Crippen MR) is 96.4 cm³/mol. The number of benzene rings is 1. The molecule has 0 spiro atoms. The van der Waals surface area contributed by atoms with Gasteiger partial charge in [0.05, 0.1) is 13.2 Å². The zero-order valence-electron chi connectivity index (χ0n) is 15.3. The lowest BCUT2D eigenvalue weighted by molar-refractivity contribution is -0.157. The number of aliphatic hydroxyl groups is 1. The Hall–Kier alpha value is -1.81. The van der Waals surface area contributed by atoms with E-state index in [1.807, 2.05) is 30.3 Å². The number of fused-ring (bicyclic) bond motifs is 1. The van der Waals surface area contributed by atoms with E-state index in [9.17, 15) is 9.90 Å². The molecule has 136 valence electrons. The number of hydrogen-bond acceptors (Lipinski definition) is 4. The molecular weight excluding hydrogens is 316 g/mol. The van der Waals surface area contributed by atoms with Crippen molar-refractivity contribution in [1.29, 1.82) is 0 Å². The minimum Gasteiger partial charge on any atom is -0.497 e. The summed E-state index contributed by atoms with van der Waals surface area (Å²) < 4.78 is 10.8. The van der Waals surface area contributed by atoms with E-state index in [-0.39, 0.29) is 29.3 Å². The fraction of sp³-hybridized carbons (Fsp3) is 0.571. The van der Waals surface area contributed by atoms with Crippen molar-refractivity contribution < 1.29 is 19.4 Å². The Morgan fingerprint density at radius 3 is 2.56 bits per heavy atom. The molecule has 0 unspecified atom stereocenters. The van der Waals surface area contributed by atoms with Crippen LogP contribution in [0.3, 0.4) is 0 Å². The molecule has 4 nitrogen and oxygen atoms in total. The number of carbonyl (C=O) groups is 1. The van der Waals surface area contributed by atoms with Crippen LogP contribution < -0.4 is 4.74 Å². The van der Waals surface area contributed by atoms with Gasteiger partial charge in [-0.3, -0.25) is 4.79 Å². The number of methoxy groups -OCH3 is 1. The van der Waals surface area contributed by atoms with Crippen molar-refractivity contribution in [2.75, 3.05) is 7.11 Å². The minimum atomic E-state index is -0.492. The molecule has 1 aromatic rings. The van der Waals surface area contributed by atoms with Crippen molar-refractivity contribution in [2.45, 2.75) is 51.2 Å². The first-order valence-corrected chi connectivity index (χ1v) is 9.02. The van der Waals surface area contributed by atoms with Crippen molar-refractivity contribution in [3.8, 4) is 5.75 Å². The van der Waals surface area contributed by atoms with Gasteiger partial charge in [0, 0.05) is 18.3 Å². The summed E-state index contributed by atoms with van der Waals surface area (Å²) in [5.41, 5.74) is 0.906. The van der Waals surface area contributed by atoms with E-state index in [1.165, 1.54) is 6.92 Å². The van der Waals surface area contributed by atoms with Crippen LogP contribution in [0, 0.1) is 17.3 Å². The average molecular weight is 344 g/mol. The first-order valence-electron chi connectivity index (χ1n) is 9.02. The highest BCUT2D eigenvalue weighted by molar-refractivity contribution is 5.66. The van der Waals surface area contributed by atoms with Crippen LogP contribution in [0.25, 0.3) is 0 Å². The fourth-order valence-corrected chi connectivity index (χ4v) is 5.20. The molecule has 1 N–H and O–H groups in total. The number of hydrogen-bond donors (Lipinski definition) is 1. The predicted octanol–water partition coefficient (Wildman–Crippen LogP) is 3.69. The average Bonchev–Trinajstić information content (AvgIpc) is 2.89. The molecule has 0 radical (unpaired) electrons. The van der Waals surface area contributed by atoms with E-state index in [2.05, 4.69) is 13.5 Å². The molecule has 0 saturated heterocycles. The third kappa shape index (κ3) is 3.08. The van der Waals surface area contributed by atoms with Crippen molar-refractivity contribution in [3.63, 3.8) is 0 Å². The van der Waals surface area contributed by atoms with Crippen molar-refractivity contribution in [1.82, 2.24) is 0 Å². The lowest BCUT2D eigenvalue weighted by Crippen LogP contribution is -2.49. The summed E-state index contributed by atoms with van der Waals surface area (Å²) >= 11 is 0. The molecule has 3 rings (SSSR count). The maximum atomic E-state index is 11.5. The summed E-state index contributed by atoms with van der Waals surface area (Å²) in [5, 5.41) is 11.0. The molecule has 0 aliphatic heterocycles. The van der Waals surface area contributed by atoms with E-state index in [1.54, 1.807) is 7.11 Å². The highest BCUT2D eigenvalue weighted by Crippen LogP contribution is 2.59. The van der Waals surface area contributed by atoms with Gasteiger partial charge in [0.15, 0.2) is 0 Å². The van der Waals surface area contributed by atoms with Crippen molar-refractivity contribution >= 4 is 5.97 Å². The molecule has 2 aliphatic carbocycles. The normalized spacial score (nSPS) is 37.2. The lowest BCUT2D eigenvalue weighted by Gasteiger charge is -2.49. The smallest absolute Gasteiger partial charge is 0.302 e. The first-order chi connectivity index (χ1) is 11.9. The molecule has 0 aromatic heterocycles. The number of allylic oxidation sites excluding steroid dienone is 1. The van der Waals surface area contributed by atoms with Gasteiger partial charge in [0.1, 0.15) is 11.9 Å². The summed E-state index contributed by atoms with van der Waals surface area (Å²) in [7, 11) is 1.65. The van der Waals surface area contributed by atoms with E-state index in [4.69, 9.17) is 9.47 Å². The second-order valence-corrected chi connectivity index (χ2v) is 7.67. The summed E-state index contributed by atoms with van der Waals surface area (Å²) in [6.07, 6.45) is 3.85. The maximum Gasteiger partial charge on any atom is 0.302 e. The molecule has 4 heteroatoms. The Morgan fingerprint density at radius 2 is 2.00 bits per heavy atom. The summed E-state index contributed by atoms with van der Waals surface area (Å²) in [4.78, 5) is 11.5. The molecule has 0 amide bonds. The molecule has 2 fully saturated rings. The zero-order valence-corrected chi connectivity index (χ0v) is 15.3. The minimum absolute atomic E-state index is 0.0116. The highest BCUT2D eigenvalue weighted by atomic mass is 16.5. The maximum absolute atomic E-state index is 11.5. The molecule has 2 aliphatic rings. The van der Waals surface area contributed by atoms with Gasteiger partial charge in [-0.2, -0.15) is 0 Å². The first kappa shape index (κ1) is 18.0.